The zero-order valence-electron chi connectivity index (χ0n) is 14.2. The third kappa shape index (κ3) is 3.79. The van der Waals surface area contributed by atoms with E-state index in [1.165, 1.54) is 11.1 Å². The molecule has 2 aromatic carbocycles. The van der Waals surface area contributed by atoms with Gasteiger partial charge in [-0.3, -0.25) is 5.10 Å². The Labute approximate surface area is 146 Å². The van der Waals surface area contributed by atoms with Gasteiger partial charge in [0.05, 0.1) is 7.11 Å². The van der Waals surface area contributed by atoms with Crippen molar-refractivity contribution in [2.24, 2.45) is 0 Å². The van der Waals surface area contributed by atoms with Crippen molar-refractivity contribution in [3.8, 4) is 17.1 Å². The van der Waals surface area contributed by atoms with Gasteiger partial charge in [0, 0.05) is 16.9 Å². The molecule has 0 aliphatic rings. The second kappa shape index (κ2) is 7.53. The molecular weight excluding hydrogens is 318 g/mol. The van der Waals surface area contributed by atoms with Crippen LogP contribution >= 0.6 is 11.8 Å². The molecule has 1 N–H and O–H groups in total. The molecule has 0 amide bonds. The molecular formula is C19H21N3OS. The van der Waals surface area contributed by atoms with Gasteiger partial charge in [0.15, 0.2) is 5.82 Å². The maximum absolute atomic E-state index is 5.42. The molecule has 1 aromatic heterocycles. The van der Waals surface area contributed by atoms with Crippen LogP contribution in [0.3, 0.4) is 0 Å². The molecule has 1 heterocycles. The minimum absolute atomic E-state index is 0.744. The summed E-state index contributed by atoms with van der Waals surface area (Å²) in [6.07, 6.45) is 1.04. The van der Waals surface area contributed by atoms with E-state index >= 15 is 0 Å². The van der Waals surface area contributed by atoms with Crippen molar-refractivity contribution in [2.45, 2.75) is 31.2 Å². The SMILES string of the molecule is CCc1ccc(-c2nc(SCc3cc(C)ccc3OC)n[nH]2)cc1. The van der Waals surface area contributed by atoms with E-state index < -0.39 is 0 Å². The average Bonchev–Trinajstić information content (AvgIpc) is 3.09. The number of aromatic nitrogens is 3. The fourth-order valence-electron chi connectivity index (χ4n) is 2.50. The molecule has 0 atom stereocenters. The molecule has 24 heavy (non-hydrogen) atoms. The van der Waals surface area contributed by atoms with E-state index in [4.69, 9.17) is 4.74 Å². The minimum Gasteiger partial charge on any atom is -0.496 e. The Morgan fingerprint density at radius 1 is 1.12 bits per heavy atom. The van der Waals surface area contributed by atoms with Crippen LogP contribution in [0.2, 0.25) is 0 Å². The fourth-order valence-corrected chi connectivity index (χ4v) is 3.28. The Bertz CT molecular complexity index is 812. The smallest absolute Gasteiger partial charge is 0.209 e. The highest BCUT2D eigenvalue weighted by Crippen LogP contribution is 2.28. The lowest BCUT2D eigenvalue weighted by atomic mass is 10.1. The number of aryl methyl sites for hydroxylation is 2. The van der Waals surface area contributed by atoms with Crippen molar-refractivity contribution in [1.82, 2.24) is 15.2 Å². The van der Waals surface area contributed by atoms with Gasteiger partial charge in [-0.05, 0) is 25.0 Å². The first-order valence-corrected chi connectivity index (χ1v) is 8.96. The fraction of sp³-hybridized carbons (Fsp3) is 0.263. The number of thioether (sulfide) groups is 1. The summed E-state index contributed by atoms with van der Waals surface area (Å²) in [5.41, 5.74) is 4.75. The van der Waals surface area contributed by atoms with E-state index in [2.05, 4.69) is 65.4 Å². The number of benzene rings is 2. The lowest BCUT2D eigenvalue weighted by Gasteiger charge is -2.08. The summed E-state index contributed by atoms with van der Waals surface area (Å²) in [5, 5.41) is 8.08. The van der Waals surface area contributed by atoms with Gasteiger partial charge in [-0.25, -0.2) is 4.98 Å². The number of methoxy groups -OCH3 is 1. The van der Waals surface area contributed by atoms with E-state index in [1.54, 1.807) is 18.9 Å². The van der Waals surface area contributed by atoms with Crippen LogP contribution in [0.25, 0.3) is 11.4 Å². The standard InChI is InChI=1S/C19H21N3OS/c1-4-14-6-8-15(9-7-14)18-20-19(22-21-18)24-12-16-11-13(2)5-10-17(16)23-3/h5-11H,4,12H2,1-3H3,(H,20,21,22). The third-order valence-electron chi connectivity index (χ3n) is 3.89. The molecule has 3 rings (SSSR count). The Balaban J connectivity index is 1.71. The molecule has 0 spiro atoms. The van der Waals surface area contributed by atoms with Gasteiger partial charge in [-0.15, -0.1) is 5.10 Å². The van der Waals surface area contributed by atoms with Crippen molar-refractivity contribution >= 4 is 11.8 Å². The summed E-state index contributed by atoms with van der Waals surface area (Å²) in [5.74, 6) is 2.48. The summed E-state index contributed by atoms with van der Waals surface area (Å²) in [7, 11) is 1.70. The zero-order valence-corrected chi connectivity index (χ0v) is 15.0. The highest BCUT2D eigenvalue weighted by molar-refractivity contribution is 7.98. The van der Waals surface area contributed by atoms with Crippen LogP contribution in [0.1, 0.15) is 23.6 Å². The molecule has 0 saturated carbocycles. The molecule has 124 valence electrons. The van der Waals surface area contributed by atoms with Crippen molar-refractivity contribution in [3.05, 3.63) is 59.2 Å². The highest BCUT2D eigenvalue weighted by Gasteiger charge is 2.09. The number of rotatable bonds is 6. The topological polar surface area (TPSA) is 50.8 Å². The molecule has 5 heteroatoms. The summed E-state index contributed by atoms with van der Waals surface area (Å²) in [6, 6.07) is 14.6. The lowest BCUT2D eigenvalue weighted by molar-refractivity contribution is 0.411. The van der Waals surface area contributed by atoms with Crippen LogP contribution in [0.4, 0.5) is 0 Å². The van der Waals surface area contributed by atoms with Crippen LogP contribution in [0.5, 0.6) is 5.75 Å². The number of nitrogens with zero attached hydrogens (tertiary/aromatic N) is 2. The van der Waals surface area contributed by atoms with E-state index in [9.17, 15) is 0 Å². The van der Waals surface area contributed by atoms with Crippen molar-refractivity contribution in [2.75, 3.05) is 7.11 Å². The molecule has 0 aliphatic carbocycles. The molecule has 0 fully saturated rings. The monoisotopic (exact) mass is 339 g/mol. The first-order chi connectivity index (χ1) is 11.7. The number of H-pyrrole nitrogens is 1. The first-order valence-electron chi connectivity index (χ1n) is 7.97. The number of hydrogen-bond donors (Lipinski definition) is 1. The van der Waals surface area contributed by atoms with Crippen LogP contribution < -0.4 is 4.74 Å². The Morgan fingerprint density at radius 3 is 2.62 bits per heavy atom. The predicted octanol–water partition coefficient (Wildman–Crippen LogP) is 4.64. The number of aromatic amines is 1. The number of nitrogens with one attached hydrogen (secondary N) is 1. The van der Waals surface area contributed by atoms with E-state index in [-0.39, 0.29) is 0 Å². The van der Waals surface area contributed by atoms with Crippen molar-refractivity contribution in [3.63, 3.8) is 0 Å². The van der Waals surface area contributed by atoms with E-state index in [1.807, 2.05) is 6.07 Å². The normalized spacial score (nSPS) is 10.8. The highest BCUT2D eigenvalue weighted by atomic mass is 32.2. The number of hydrogen-bond acceptors (Lipinski definition) is 4. The average molecular weight is 339 g/mol. The van der Waals surface area contributed by atoms with Crippen LogP contribution in [-0.4, -0.2) is 22.3 Å². The van der Waals surface area contributed by atoms with Crippen molar-refractivity contribution in [1.29, 1.82) is 0 Å². The van der Waals surface area contributed by atoms with Gasteiger partial charge < -0.3 is 4.74 Å². The molecule has 0 bridgehead atoms. The first kappa shape index (κ1) is 16.6. The van der Waals surface area contributed by atoms with Gasteiger partial charge >= 0.3 is 0 Å². The summed E-state index contributed by atoms with van der Waals surface area (Å²) >= 11 is 1.60. The summed E-state index contributed by atoms with van der Waals surface area (Å²) in [4.78, 5) is 4.58. The Morgan fingerprint density at radius 2 is 1.92 bits per heavy atom. The molecule has 0 aliphatic heterocycles. The molecule has 4 nitrogen and oxygen atoms in total. The summed E-state index contributed by atoms with van der Waals surface area (Å²) in [6.45, 7) is 4.23. The number of ether oxygens (including phenoxy) is 1. The predicted molar refractivity (Wildman–Crippen MR) is 98.5 cm³/mol. The van der Waals surface area contributed by atoms with Gasteiger partial charge in [0.2, 0.25) is 5.16 Å². The quantitative estimate of drug-likeness (QED) is 0.665. The zero-order chi connectivity index (χ0) is 16.9. The largest absolute Gasteiger partial charge is 0.496 e. The Hall–Kier alpha value is -2.27. The Kier molecular flexibility index (Phi) is 5.20. The van der Waals surface area contributed by atoms with Gasteiger partial charge in [-0.1, -0.05) is 60.6 Å². The minimum atomic E-state index is 0.744. The maximum Gasteiger partial charge on any atom is 0.209 e. The van der Waals surface area contributed by atoms with Crippen molar-refractivity contribution < 1.29 is 4.74 Å². The molecule has 0 radical (unpaired) electrons. The van der Waals surface area contributed by atoms with Crippen LogP contribution in [0.15, 0.2) is 47.6 Å². The third-order valence-corrected chi connectivity index (χ3v) is 4.79. The van der Waals surface area contributed by atoms with Gasteiger partial charge in [0.25, 0.3) is 0 Å². The van der Waals surface area contributed by atoms with E-state index in [0.29, 0.717) is 0 Å². The molecule has 0 unspecified atom stereocenters. The second-order valence-electron chi connectivity index (χ2n) is 5.62. The van der Waals surface area contributed by atoms with Crippen LogP contribution in [-0.2, 0) is 12.2 Å². The van der Waals surface area contributed by atoms with E-state index in [0.717, 1.165) is 40.0 Å². The lowest BCUT2D eigenvalue weighted by Crippen LogP contribution is -1.91. The second-order valence-corrected chi connectivity index (χ2v) is 6.56. The van der Waals surface area contributed by atoms with Gasteiger partial charge in [0.1, 0.15) is 5.75 Å². The van der Waals surface area contributed by atoms with Crippen LogP contribution in [0, 0.1) is 6.92 Å². The molecule has 3 aromatic rings. The maximum atomic E-state index is 5.42. The van der Waals surface area contributed by atoms with Gasteiger partial charge in [-0.2, -0.15) is 0 Å². The molecule has 0 saturated heterocycles. The summed E-state index contributed by atoms with van der Waals surface area (Å²) < 4.78 is 5.42.